The van der Waals surface area contributed by atoms with Gasteiger partial charge in [0.25, 0.3) is 5.56 Å². The van der Waals surface area contributed by atoms with Crippen molar-refractivity contribution in [1.82, 2.24) is 9.78 Å². The second-order valence-electron chi connectivity index (χ2n) is 5.09. The van der Waals surface area contributed by atoms with Gasteiger partial charge in [0.2, 0.25) is 0 Å². The number of rotatable bonds is 8. The van der Waals surface area contributed by atoms with E-state index in [0.717, 1.165) is 0 Å². The number of aromatic nitrogens is 2. The summed E-state index contributed by atoms with van der Waals surface area (Å²) in [5.41, 5.74) is 0.489. The molecule has 0 aliphatic heterocycles. The molecule has 0 unspecified atom stereocenters. The van der Waals surface area contributed by atoms with Gasteiger partial charge < -0.3 is 10.1 Å². The van der Waals surface area contributed by atoms with E-state index in [1.807, 2.05) is 13.8 Å². The van der Waals surface area contributed by atoms with Crippen LogP contribution in [0.2, 0.25) is 0 Å². The molecular weight excluding hydrogens is 338 g/mol. The second-order valence-corrected chi connectivity index (χ2v) is 5.88. The highest BCUT2D eigenvalue weighted by molar-refractivity contribution is 9.10. The van der Waals surface area contributed by atoms with Crippen LogP contribution in [0.15, 0.2) is 15.5 Å². The Kier molecular flexibility index (Phi) is 7.42. The number of ether oxygens (including phenoxy) is 1. The van der Waals surface area contributed by atoms with Crippen LogP contribution >= 0.6 is 15.9 Å². The summed E-state index contributed by atoms with van der Waals surface area (Å²) in [6.45, 7) is 7.40. The van der Waals surface area contributed by atoms with E-state index in [4.69, 9.17) is 4.74 Å². The molecule has 0 saturated carbocycles. The van der Waals surface area contributed by atoms with Crippen LogP contribution in [0.1, 0.15) is 33.6 Å². The van der Waals surface area contributed by atoms with Crippen molar-refractivity contribution < 1.29 is 9.53 Å². The smallest absolute Gasteiger partial charge is 0.305 e. The first kappa shape index (κ1) is 17.7. The molecule has 118 valence electrons. The van der Waals surface area contributed by atoms with Gasteiger partial charge in [-0.05, 0) is 35.2 Å². The third kappa shape index (κ3) is 5.87. The van der Waals surface area contributed by atoms with Crippen LogP contribution < -0.4 is 10.9 Å². The molecule has 0 atom stereocenters. The summed E-state index contributed by atoms with van der Waals surface area (Å²) < 4.78 is 6.76. The summed E-state index contributed by atoms with van der Waals surface area (Å²) in [5, 5.41) is 7.24. The van der Waals surface area contributed by atoms with E-state index in [9.17, 15) is 9.59 Å². The fourth-order valence-electron chi connectivity index (χ4n) is 1.75. The molecular formula is C14H22BrN3O3. The van der Waals surface area contributed by atoms with Crippen molar-refractivity contribution in [2.45, 2.75) is 40.2 Å². The van der Waals surface area contributed by atoms with Gasteiger partial charge in [0.1, 0.15) is 4.47 Å². The zero-order chi connectivity index (χ0) is 15.8. The lowest BCUT2D eigenvalue weighted by Gasteiger charge is -2.11. The zero-order valence-corrected chi connectivity index (χ0v) is 14.3. The first-order valence-electron chi connectivity index (χ1n) is 7.10. The minimum absolute atomic E-state index is 0.154. The maximum absolute atomic E-state index is 12.1. The van der Waals surface area contributed by atoms with E-state index >= 15 is 0 Å². The average molecular weight is 360 g/mol. The first-order chi connectivity index (χ1) is 9.95. The van der Waals surface area contributed by atoms with Crippen LogP contribution in [0, 0.1) is 5.92 Å². The molecule has 7 heteroatoms. The Morgan fingerprint density at radius 2 is 2.24 bits per heavy atom. The molecule has 0 bridgehead atoms. The second kappa shape index (κ2) is 8.81. The van der Waals surface area contributed by atoms with Crippen molar-refractivity contribution in [2.75, 3.05) is 18.5 Å². The van der Waals surface area contributed by atoms with Crippen LogP contribution in [0.3, 0.4) is 0 Å². The molecule has 0 aromatic carbocycles. The molecule has 6 nitrogen and oxygen atoms in total. The molecule has 1 aromatic heterocycles. The standard InChI is InChI=1S/C14H22BrN3O3/c1-4-21-12(19)6-5-7-16-11-8-17-18(9-10(2)3)14(20)13(11)15/h8,10,16H,4-7,9H2,1-3H3. The normalized spacial score (nSPS) is 10.7. The number of carbonyl (C=O) groups excluding carboxylic acids is 1. The van der Waals surface area contributed by atoms with E-state index < -0.39 is 0 Å². The average Bonchev–Trinajstić information content (AvgIpc) is 2.42. The number of hydrogen-bond acceptors (Lipinski definition) is 5. The largest absolute Gasteiger partial charge is 0.466 e. The Morgan fingerprint density at radius 3 is 2.86 bits per heavy atom. The van der Waals surface area contributed by atoms with Crippen LogP contribution in [0.4, 0.5) is 5.69 Å². The van der Waals surface area contributed by atoms with E-state index in [-0.39, 0.29) is 11.5 Å². The van der Waals surface area contributed by atoms with E-state index in [1.165, 1.54) is 4.68 Å². The quantitative estimate of drug-likeness (QED) is 0.569. The molecule has 1 rings (SSSR count). The fourth-order valence-corrected chi connectivity index (χ4v) is 2.20. The first-order valence-corrected chi connectivity index (χ1v) is 7.90. The summed E-state index contributed by atoms with van der Waals surface area (Å²) in [6.07, 6.45) is 2.62. The van der Waals surface area contributed by atoms with Crippen molar-refractivity contribution in [3.05, 3.63) is 21.0 Å². The van der Waals surface area contributed by atoms with Gasteiger partial charge in [-0.2, -0.15) is 5.10 Å². The number of esters is 1. The minimum Gasteiger partial charge on any atom is -0.466 e. The van der Waals surface area contributed by atoms with Gasteiger partial charge in [-0.15, -0.1) is 0 Å². The van der Waals surface area contributed by atoms with Gasteiger partial charge in [-0.3, -0.25) is 9.59 Å². The molecule has 0 aliphatic carbocycles. The van der Waals surface area contributed by atoms with Gasteiger partial charge in [-0.1, -0.05) is 13.8 Å². The Balaban J connectivity index is 2.55. The molecule has 1 heterocycles. The molecule has 0 radical (unpaired) electrons. The van der Waals surface area contributed by atoms with Gasteiger partial charge in [0.05, 0.1) is 18.5 Å². The van der Waals surface area contributed by atoms with Crippen LogP contribution in [0.25, 0.3) is 0 Å². The van der Waals surface area contributed by atoms with Crippen molar-refractivity contribution in [3.63, 3.8) is 0 Å². The van der Waals surface area contributed by atoms with Crippen molar-refractivity contribution in [3.8, 4) is 0 Å². The highest BCUT2D eigenvalue weighted by Gasteiger charge is 2.09. The Bertz CT molecular complexity index is 529. The van der Waals surface area contributed by atoms with Crippen LogP contribution in [0.5, 0.6) is 0 Å². The monoisotopic (exact) mass is 359 g/mol. The highest BCUT2D eigenvalue weighted by Crippen LogP contribution is 2.16. The molecule has 0 saturated heterocycles. The topological polar surface area (TPSA) is 73.2 Å². The van der Waals surface area contributed by atoms with Crippen LogP contribution in [-0.2, 0) is 16.1 Å². The maximum Gasteiger partial charge on any atom is 0.305 e. The summed E-state index contributed by atoms with van der Waals surface area (Å²) in [7, 11) is 0. The lowest BCUT2D eigenvalue weighted by Crippen LogP contribution is -2.26. The third-order valence-corrected chi connectivity index (χ3v) is 3.47. The van der Waals surface area contributed by atoms with Gasteiger partial charge in [-0.25, -0.2) is 4.68 Å². The third-order valence-electron chi connectivity index (χ3n) is 2.70. The number of carbonyl (C=O) groups is 1. The SMILES string of the molecule is CCOC(=O)CCCNc1cnn(CC(C)C)c(=O)c1Br. The molecule has 0 spiro atoms. The number of halogens is 1. The predicted octanol–water partition coefficient (Wildman–Crippen LogP) is 2.42. The van der Waals surface area contributed by atoms with E-state index in [2.05, 4.69) is 26.3 Å². The zero-order valence-electron chi connectivity index (χ0n) is 12.7. The molecule has 1 N–H and O–H groups in total. The summed E-state index contributed by atoms with van der Waals surface area (Å²) in [5.74, 6) is 0.148. The number of nitrogens with zero attached hydrogens (tertiary/aromatic N) is 2. The maximum atomic E-state index is 12.1. The molecule has 0 fully saturated rings. The lowest BCUT2D eigenvalue weighted by atomic mass is 10.2. The van der Waals surface area contributed by atoms with Crippen LogP contribution in [-0.4, -0.2) is 28.9 Å². The summed E-state index contributed by atoms with van der Waals surface area (Å²) in [6, 6.07) is 0. The number of hydrogen-bond donors (Lipinski definition) is 1. The predicted molar refractivity (Wildman–Crippen MR) is 85.4 cm³/mol. The molecule has 0 aliphatic rings. The Hall–Kier alpha value is -1.37. The van der Waals surface area contributed by atoms with E-state index in [1.54, 1.807) is 13.1 Å². The van der Waals surface area contributed by atoms with Crippen molar-refractivity contribution in [1.29, 1.82) is 0 Å². The Morgan fingerprint density at radius 1 is 1.52 bits per heavy atom. The van der Waals surface area contributed by atoms with Gasteiger partial charge >= 0.3 is 5.97 Å². The molecule has 1 aromatic rings. The lowest BCUT2D eigenvalue weighted by molar-refractivity contribution is -0.143. The molecule has 21 heavy (non-hydrogen) atoms. The molecule has 0 amide bonds. The summed E-state index contributed by atoms with van der Waals surface area (Å²) in [4.78, 5) is 23.3. The number of nitrogens with one attached hydrogen (secondary N) is 1. The summed E-state index contributed by atoms with van der Waals surface area (Å²) >= 11 is 3.30. The fraction of sp³-hybridized carbons (Fsp3) is 0.643. The van der Waals surface area contributed by atoms with E-state index in [0.29, 0.717) is 48.6 Å². The highest BCUT2D eigenvalue weighted by atomic mass is 79.9. The Labute approximate surface area is 133 Å². The van der Waals surface area contributed by atoms with Gasteiger partial charge in [0.15, 0.2) is 0 Å². The minimum atomic E-state index is -0.205. The number of anilines is 1. The van der Waals surface area contributed by atoms with Gasteiger partial charge in [0, 0.05) is 19.5 Å². The van der Waals surface area contributed by atoms with Crippen molar-refractivity contribution >= 4 is 27.6 Å². The van der Waals surface area contributed by atoms with Crippen molar-refractivity contribution in [2.24, 2.45) is 5.92 Å².